The topological polar surface area (TPSA) is 15.3 Å². The molecule has 1 aromatic carbocycles. The van der Waals surface area contributed by atoms with Crippen molar-refractivity contribution in [3.05, 3.63) is 35.9 Å². The van der Waals surface area contributed by atoms with Gasteiger partial charge in [-0.3, -0.25) is 4.90 Å². The molecule has 1 saturated carbocycles. The summed E-state index contributed by atoms with van der Waals surface area (Å²) in [6.45, 7) is 7.94. The molecular weight excluding hydrogens is 232 g/mol. The minimum atomic E-state index is 0.948. The van der Waals surface area contributed by atoms with Gasteiger partial charge in [0.2, 0.25) is 0 Å². The highest BCUT2D eigenvalue weighted by Gasteiger charge is 2.14. The van der Waals surface area contributed by atoms with Gasteiger partial charge >= 0.3 is 0 Å². The second-order valence-electron chi connectivity index (χ2n) is 5.71. The average molecular weight is 260 g/mol. The Labute approximate surface area is 118 Å². The molecule has 1 aliphatic rings. The molecule has 0 spiro atoms. The molecule has 106 valence electrons. The first-order chi connectivity index (χ1) is 9.38. The van der Waals surface area contributed by atoms with Crippen LogP contribution in [0.3, 0.4) is 0 Å². The molecule has 0 atom stereocenters. The maximum absolute atomic E-state index is 3.64. The third-order valence-electron chi connectivity index (χ3n) is 4.21. The van der Waals surface area contributed by atoms with Gasteiger partial charge < -0.3 is 5.32 Å². The van der Waals surface area contributed by atoms with E-state index in [2.05, 4.69) is 47.5 Å². The highest BCUT2D eigenvalue weighted by Crippen LogP contribution is 2.23. The van der Waals surface area contributed by atoms with E-state index in [4.69, 9.17) is 0 Å². The van der Waals surface area contributed by atoms with Crippen molar-refractivity contribution >= 4 is 0 Å². The van der Waals surface area contributed by atoms with Crippen LogP contribution in [0.15, 0.2) is 30.3 Å². The zero-order valence-electron chi connectivity index (χ0n) is 12.3. The minimum absolute atomic E-state index is 0.948. The van der Waals surface area contributed by atoms with Crippen molar-refractivity contribution in [3.8, 4) is 0 Å². The molecule has 1 aliphatic carbocycles. The molecule has 2 rings (SSSR count). The van der Waals surface area contributed by atoms with Gasteiger partial charge in [0, 0.05) is 19.6 Å². The molecule has 1 fully saturated rings. The Hall–Kier alpha value is -0.860. The van der Waals surface area contributed by atoms with E-state index in [0.717, 1.165) is 32.1 Å². The molecule has 0 heterocycles. The molecule has 0 amide bonds. The monoisotopic (exact) mass is 260 g/mol. The molecule has 2 heteroatoms. The van der Waals surface area contributed by atoms with Crippen LogP contribution >= 0.6 is 0 Å². The van der Waals surface area contributed by atoms with Gasteiger partial charge in [-0.2, -0.15) is 0 Å². The van der Waals surface area contributed by atoms with Crippen molar-refractivity contribution in [2.75, 3.05) is 26.2 Å². The number of likely N-dealkylation sites (N-methyl/N-ethyl adjacent to an activating group) is 1. The lowest BCUT2D eigenvalue weighted by molar-refractivity contribution is 0.276. The average Bonchev–Trinajstić information content (AvgIpc) is 2.96. The maximum atomic E-state index is 3.64. The van der Waals surface area contributed by atoms with E-state index >= 15 is 0 Å². The second kappa shape index (κ2) is 8.34. The Morgan fingerprint density at radius 3 is 2.58 bits per heavy atom. The summed E-state index contributed by atoms with van der Waals surface area (Å²) in [5, 5.41) is 3.64. The van der Waals surface area contributed by atoms with Crippen LogP contribution in [-0.4, -0.2) is 31.1 Å². The highest BCUT2D eigenvalue weighted by atomic mass is 15.1. The predicted molar refractivity (Wildman–Crippen MR) is 82.2 cm³/mol. The van der Waals surface area contributed by atoms with Crippen LogP contribution in [0, 0.1) is 5.92 Å². The number of hydrogen-bond acceptors (Lipinski definition) is 2. The molecule has 2 nitrogen and oxygen atoms in total. The van der Waals surface area contributed by atoms with Crippen LogP contribution in [0.2, 0.25) is 0 Å². The Balaban J connectivity index is 1.62. The van der Waals surface area contributed by atoms with E-state index in [-0.39, 0.29) is 0 Å². The summed E-state index contributed by atoms with van der Waals surface area (Å²) in [4.78, 5) is 2.51. The number of nitrogens with one attached hydrogen (secondary N) is 1. The first-order valence-corrected chi connectivity index (χ1v) is 7.85. The number of hydrogen-bond donors (Lipinski definition) is 1. The summed E-state index contributed by atoms with van der Waals surface area (Å²) in [5.74, 6) is 0.948. The van der Waals surface area contributed by atoms with E-state index in [9.17, 15) is 0 Å². The lowest BCUT2D eigenvalue weighted by Gasteiger charge is -2.21. The maximum Gasteiger partial charge on any atom is 0.0234 e. The molecule has 0 aromatic heterocycles. The fourth-order valence-corrected chi connectivity index (χ4v) is 2.95. The molecule has 0 bridgehead atoms. The predicted octanol–water partition coefficient (Wildman–Crippen LogP) is 3.29. The summed E-state index contributed by atoms with van der Waals surface area (Å²) in [6.07, 6.45) is 5.77. The summed E-state index contributed by atoms with van der Waals surface area (Å²) in [5.41, 5.74) is 1.42. The van der Waals surface area contributed by atoms with Crippen molar-refractivity contribution in [3.63, 3.8) is 0 Å². The SMILES string of the molecule is CCN(CCNCC1CCCC1)Cc1ccccc1. The Morgan fingerprint density at radius 1 is 1.16 bits per heavy atom. The first kappa shape index (κ1) is 14.5. The Bertz CT molecular complexity index is 330. The van der Waals surface area contributed by atoms with E-state index in [1.807, 2.05) is 0 Å². The van der Waals surface area contributed by atoms with Crippen molar-refractivity contribution in [1.82, 2.24) is 10.2 Å². The lowest BCUT2D eigenvalue weighted by Crippen LogP contribution is -2.33. The van der Waals surface area contributed by atoms with Crippen molar-refractivity contribution in [2.45, 2.75) is 39.2 Å². The molecular formula is C17H28N2. The van der Waals surface area contributed by atoms with Gasteiger partial charge in [0.15, 0.2) is 0 Å². The summed E-state index contributed by atoms with van der Waals surface area (Å²) < 4.78 is 0. The van der Waals surface area contributed by atoms with Gasteiger partial charge in [-0.1, -0.05) is 50.1 Å². The fraction of sp³-hybridized carbons (Fsp3) is 0.647. The third kappa shape index (κ3) is 5.33. The van der Waals surface area contributed by atoms with Crippen LogP contribution in [0.4, 0.5) is 0 Å². The van der Waals surface area contributed by atoms with Crippen LogP contribution in [0.25, 0.3) is 0 Å². The molecule has 1 N–H and O–H groups in total. The van der Waals surface area contributed by atoms with E-state index in [1.165, 1.54) is 37.8 Å². The standard InChI is InChI=1S/C17H28N2/c1-2-19(15-17-10-4-3-5-11-17)13-12-18-14-16-8-6-7-9-16/h3-5,10-11,16,18H,2,6-9,12-15H2,1H3. The zero-order chi connectivity index (χ0) is 13.3. The minimum Gasteiger partial charge on any atom is -0.315 e. The van der Waals surface area contributed by atoms with Crippen LogP contribution in [0.5, 0.6) is 0 Å². The van der Waals surface area contributed by atoms with E-state index in [1.54, 1.807) is 0 Å². The fourth-order valence-electron chi connectivity index (χ4n) is 2.95. The smallest absolute Gasteiger partial charge is 0.0234 e. The summed E-state index contributed by atoms with van der Waals surface area (Å²) in [6, 6.07) is 10.8. The summed E-state index contributed by atoms with van der Waals surface area (Å²) in [7, 11) is 0. The van der Waals surface area contributed by atoms with E-state index in [0.29, 0.717) is 0 Å². The van der Waals surface area contributed by atoms with Crippen molar-refractivity contribution in [2.24, 2.45) is 5.92 Å². The quantitative estimate of drug-likeness (QED) is 0.722. The number of benzene rings is 1. The lowest BCUT2D eigenvalue weighted by atomic mass is 10.1. The molecule has 19 heavy (non-hydrogen) atoms. The Morgan fingerprint density at radius 2 is 1.89 bits per heavy atom. The highest BCUT2D eigenvalue weighted by molar-refractivity contribution is 5.14. The summed E-state index contributed by atoms with van der Waals surface area (Å²) >= 11 is 0. The van der Waals surface area contributed by atoms with Gasteiger partial charge in [-0.25, -0.2) is 0 Å². The second-order valence-corrected chi connectivity index (χ2v) is 5.71. The van der Waals surface area contributed by atoms with Gasteiger partial charge in [-0.15, -0.1) is 0 Å². The van der Waals surface area contributed by atoms with Crippen LogP contribution in [-0.2, 0) is 6.54 Å². The largest absolute Gasteiger partial charge is 0.315 e. The van der Waals surface area contributed by atoms with Gasteiger partial charge in [0.25, 0.3) is 0 Å². The van der Waals surface area contributed by atoms with E-state index < -0.39 is 0 Å². The van der Waals surface area contributed by atoms with Crippen molar-refractivity contribution < 1.29 is 0 Å². The normalized spacial score (nSPS) is 16.3. The third-order valence-corrected chi connectivity index (χ3v) is 4.21. The van der Waals surface area contributed by atoms with Crippen LogP contribution in [0.1, 0.15) is 38.2 Å². The van der Waals surface area contributed by atoms with Crippen molar-refractivity contribution in [1.29, 1.82) is 0 Å². The molecule has 0 unspecified atom stereocenters. The number of nitrogens with zero attached hydrogens (tertiary/aromatic N) is 1. The zero-order valence-corrected chi connectivity index (χ0v) is 12.3. The van der Waals surface area contributed by atoms with Gasteiger partial charge in [-0.05, 0) is 37.4 Å². The first-order valence-electron chi connectivity index (χ1n) is 7.85. The van der Waals surface area contributed by atoms with Gasteiger partial charge in [0.05, 0.1) is 0 Å². The number of rotatable bonds is 8. The molecule has 0 radical (unpaired) electrons. The van der Waals surface area contributed by atoms with Gasteiger partial charge in [0.1, 0.15) is 0 Å². The molecule has 1 aromatic rings. The molecule has 0 aliphatic heterocycles. The van der Waals surface area contributed by atoms with Crippen LogP contribution < -0.4 is 5.32 Å². The molecule has 0 saturated heterocycles. The Kier molecular flexibility index (Phi) is 6.38.